The lowest BCUT2D eigenvalue weighted by atomic mass is 10.4. The molecular formula is C8H12ClMgO+2. The smallest absolute Gasteiger partial charge is 0.397 e. The third-order valence-corrected chi connectivity index (χ3v) is 1.31. The third-order valence-electron chi connectivity index (χ3n) is 0.843. The van der Waals surface area contributed by atoms with Crippen LogP contribution < -0.4 is 3.69 Å². The monoisotopic (exact) mass is 183 g/mol. The standard InChI is InChI=1S/C6H5.C2H6O.ClH.Mg/c1-2-4-6-5-3-1;1-2-3;;/h1-5H;3H,2H2,1H3;1H;/q;;;+2. The van der Waals surface area contributed by atoms with Gasteiger partial charge in [0.15, 0.2) is 0 Å². The number of halogens is 1. The molecule has 0 saturated heterocycles. The molecule has 1 N–H and O–H groups in total. The zero-order chi connectivity index (χ0) is 7.82. The molecule has 7 radical (unpaired) electrons. The summed E-state index contributed by atoms with van der Waals surface area (Å²) >= 11 is 1.90. The van der Waals surface area contributed by atoms with Crippen molar-refractivity contribution in [2.45, 2.75) is 6.92 Å². The maximum Gasteiger partial charge on any atom is 1.47 e. The van der Waals surface area contributed by atoms with Crippen LogP contribution in [0.15, 0.2) is 30.3 Å². The first kappa shape index (κ1) is 13.8. The van der Waals surface area contributed by atoms with Gasteiger partial charge in [0.2, 0.25) is 0 Å². The highest BCUT2D eigenvalue weighted by Crippen LogP contribution is 1.76. The van der Waals surface area contributed by atoms with Crippen molar-refractivity contribution < 1.29 is 5.11 Å². The van der Waals surface area contributed by atoms with Crippen LogP contribution in [0.3, 0.4) is 0 Å². The molecule has 3 heteroatoms. The normalized spacial score (nSPS) is 7.18. The number of hydrogen-bond acceptors (Lipinski definition) is 1. The van der Waals surface area contributed by atoms with E-state index in [0.717, 1.165) is 0 Å². The summed E-state index contributed by atoms with van der Waals surface area (Å²) in [5, 5.41) is 7.57. The fourth-order valence-corrected chi connectivity index (χ4v) is 0.750. The minimum Gasteiger partial charge on any atom is -0.397 e. The average Bonchev–Trinajstić information content (AvgIpc) is 1.91. The van der Waals surface area contributed by atoms with Gasteiger partial charge in [-0.15, -0.1) is 12.4 Å². The molecule has 0 spiro atoms. The van der Waals surface area contributed by atoms with Gasteiger partial charge in [-0.25, -0.2) is 0 Å². The Morgan fingerprint density at radius 1 is 1.27 bits per heavy atom. The Morgan fingerprint density at radius 2 is 1.64 bits per heavy atom. The van der Waals surface area contributed by atoms with Crippen LogP contribution in [0.4, 0.5) is 0 Å². The Bertz CT molecular complexity index is 155. The fourth-order valence-electron chi connectivity index (χ4n) is 0.478. The van der Waals surface area contributed by atoms with Crippen molar-refractivity contribution in [3.05, 3.63) is 30.3 Å². The molecule has 0 amide bonds. The van der Waals surface area contributed by atoms with Gasteiger partial charge < -0.3 is 5.11 Å². The second-order valence-electron chi connectivity index (χ2n) is 1.80. The Balaban J connectivity index is 0. The van der Waals surface area contributed by atoms with Crippen LogP contribution in [0.1, 0.15) is 6.92 Å². The predicted molar refractivity (Wildman–Crippen MR) is 51.8 cm³/mol. The third kappa shape index (κ3) is 10.2. The van der Waals surface area contributed by atoms with Gasteiger partial charge in [0.1, 0.15) is 0 Å². The van der Waals surface area contributed by atoms with Crippen molar-refractivity contribution >= 4 is 37.8 Å². The Hall–Kier alpha value is 0.236. The zero-order valence-electron chi connectivity index (χ0n) is 6.66. The minimum absolute atomic E-state index is 0. The van der Waals surface area contributed by atoms with Crippen LogP contribution in [-0.4, -0.2) is 33.4 Å². The molecule has 0 aliphatic heterocycles. The van der Waals surface area contributed by atoms with Crippen molar-refractivity contribution in [1.82, 2.24) is 0 Å². The highest BCUT2D eigenvalue weighted by molar-refractivity contribution is 6.32. The van der Waals surface area contributed by atoms with Crippen molar-refractivity contribution in [2.75, 3.05) is 6.61 Å². The first-order valence-electron chi connectivity index (χ1n) is 3.29. The van der Waals surface area contributed by atoms with Gasteiger partial charge >= 0.3 is 25.4 Å². The molecule has 0 aliphatic carbocycles. The predicted octanol–water partition coefficient (Wildman–Crippen LogP) is 0.901. The van der Waals surface area contributed by atoms with Crippen LogP contribution in [0.25, 0.3) is 0 Å². The summed E-state index contributed by atoms with van der Waals surface area (Å²) in [5.74, 6) is 0. The SMILES string of the molecule is CCO.Cl.[Mg+2][c]1ccccc1. The molecule has 11 heavy (non-hydrogen) atoms. The van der Waals surface area contributed by atoms with E-state index in [1.807, 2.05) is 39.9 Å². The van der Waals surface area contributed by atoms with E-state index in [1.54, 1.807) is 6.92 Å². The van der Waals surface area contributed by atoms with E-state index >= 15 is 0 Å². The molecule has 0 atom stereocenters. The molecule has 0 bridgehead atoms. The fraction of sp³-hybridized carbons (Fsp3) is 0.250. The number of aliphatic hydroxyl groups is 1. The van der Waals surface area contributed by atoms with Gasteiger partial charge in [-0.05, 0) is 6.92 Å². The van der Waals surface area contributed by atoms with Crippen molar-refractivity contribution in [3.63, 3.8) is 0 Å². The molecule has 0 saturated carbocycles. The van der Waals surface area contributed by atoms with E-state index < -0.39 is 0 Å². The summed E-state index contributed by atoms with van der Waals surface area (Å²) in [6.07, 6.45) is 0. The summed E-state index contributed by atoms with van der Waals surface area (Å²) < 4.78 is 1.35. The average molecular weight is 184 g/mol. The molecule has 1 aromatic rings. The summed E-state index contributed by atoms with van der Waals surface area (Å²) in [7, 11) is 0. The lowest BCUT2D eigenvalue weighted by Crippen LogP contribution is -1.97. The van der Waals surface area contributed by atoms with Gasteiger partial charge in [0.05, 0.1) is 0 Å². The number of benzene rings is 1. The maximum atomic E-state index is 7.57. The van der Waals surface area contributed by atoms with E-state index in [4.69, 9.17) is 5.11 Å². The first-order chi connectivity index (χ1) is 4.81. The molecule has 1 aromatic carbocycles. The largest absolute Gasteiger partial charge is 1.47 e. The summed E-state index contributed by atoms with van der Waals surface area (Å²) in [4.78, 5) is 0. The topological polar surface area (TPSA) is 20.2 Å². The Kier molecular flexibility index (Phi) is 12.8. The van der Waals surface area contributed by atoms with Gasteiger partial charge in [0, 0.05) is 18.7 Å². The second kappa shape index (κ2) is 10.2. The molecule has 1 rings (SSSR count). The zero-order valence-corrected chi connectivity index (χ0v) is 8.89. The lowest BCUT2D eigenvalue weighted by molar-refractivity contribution is 0.318. The molecule has 0 aromatic heterocycles. The van der Waals surface area contributed by atoms with Crippen LogP contribution >= 0.6 is 12.4 Å². The van der Waals surface area contributed by atoms with E-state index in [2.05, 4.69) is 12.1 Å². The first-order valence-corrected chi connectivity index (χ1v) is 3.99. The Morgan fingerprint density at radius 3 is 1.82 bits per heavy atom. The minimum atomic E-state index is 0. The van der Waals surface area contributed by atoms with Crippen LogP contribution in [0, 0.1) is 0 Å². The maximum absolute atomic E-state index is 7.57. The van der Waals surface area contributed by atoms with Crippen molar-refractivity contribution in [1.29, 1.82) is 0 Å². The van der Waals surface area contributed by atoms with Gasteiger partial charge in [0.25, 0.3) is 0 Å². The molecule has 0 unspecified atom stereocenters. The molecule has 0 aliphatic rings. The van der Waals surface area contributed by atoms with Gasteiger partial charge in [-0.3, -0.25) is 0 Å². The molecule has 1 nitrogen and oxygen atoms in total. The van der Waals surface area contributed by atoms with Crippen LogP contribution in [-0.2, 0) is 0 Å². The van der Waals surface area contributed by atoms with E-state index in [0.29, 0.717) is 0 Å². The highest BCUT2D eigenvalue weighted by Gasteiger charge is 2.28. The van der Waals surface area contributed by atoms with E-state index in [9.17, 15) is 0 Å². The lowest BCUT2D eigenvalue weighted by Gasteiger charge is -1.65. The number of rotatable bonds is 0. The molecule has 0 heterocycles. The Labute approximate surface area is 86.7 Å². The molecule has 57 valence electrons. The quantitative estimate of drug-likeness (QED) is 0.593. The second-order valence-corrected chi connectivity index (χ2v) is 2.62. The summed E-state index contributed by atoms with van der Waals surface area (Å²) in [6, 6.07) is 10.3. The number of hydrogen-bond donors (Lipinski definition) is 1. The van der Waals surface area contributed by atoms with Gasteiger partial charge in [-0.2, -0.15) is 0 Å². The van der Waals surface area contributed by atoms with E-state index in [-0.39, 0.29) is 19.0 Å². The summed E-state index contributed by atoms with van der Waals surface area (Å²) in [5.41, 5.74) is 0. The van der Waals surface area contributed by atoms with Crippen molar-refractivity contribution in [3.8, 4) is 0 Å². The van der Waals surface area contributed by atoms with E-state index in [1.165, 1.54) is 3.69 Å². The molecule has 0 fully saturated rings. The van der Waals surface area contributed by atoms with Crippen molar-refractivity contribution in [2.24, 2.45) is 0 Å². The van der Waals surface area contributed by atoms with Crippen LogP contribution in [0.5, 0.6) is 0 Å². The summed E-state index contributed by atoms with van der Waals surface area (Å²) in [6.45, 7) is 1.93. The van der Waals surface area contributed by atoms with Gasteiger partial charge in [-0.1, -0.05) is 18.2 Å². The molecular weight excluding hydrogens is 172 g/mol. The number of aliphatic hydroxyl groups excluding tert-OH is 1. The highest BCUT2D eigenvalue weighted by atomic mass is 35.5. The van der Waals surface area contributed by atoms with Crippen LogP contribution in [0.2, 0.25) is 0 Å².